The summed E-state index contributed by atoms with van der Waals surface area (Å²) in [6.45, 7) is 3.21. The number of rotatable bonds is 6. The molecule has 0 bridgehead atoms. The Hall–Kier alpha value is -1.22. The Kier molecular flexibility index (Phi) is 5.72. The maximum atomic E-state index is 5.35. The molecule has 2 rings (SSSR count). The summed E-state index contributed by atoms with van der Waals surface area (Å²) >= 11 is 0. The van der Waals surface area contributed by atoms with Gasteiger partial charge >= 0.3 is 0 Å². The summed E-state index contributed by atoms with van der Waals surface area (Å²) < 4.78 is 10.6. The van der Waals surface area contributed by atoms with Gasteiger partial charge in [-0.15, -0.1) is 0 Å². The van der Waals surface area contributed by atoms with Crippen LogP contribution in [0.2, 0.25) is 0 Å². The van der Waals surface area contributed by atoms with Crippen LogP contribution in [0.4, 0.5) is 0 Å². The summed E-state index contributed by atoms with van der Waals surface area (Å²) in [5, 5.41) is 3.69. The molecule has 1 aliphatic carbocycles. The molecule has 1 aliphatic rings. The molecule has 0 amide bonds. The van der Waals surface area contributed by atoms with Crippen molar-refractivity contribution < 1.29 is 9.47 Å². The first kappa shape index (κ1) is 15.2. The predicted octanol–water partition coefficient (Wildman–Crippen LogP) is 3.76. The molecule has 112 valence electrons. The van der Waals surface area contributed by atoms with Gasteiger partial charge in [-0.1, -0.05) is 32.3 Å². The summed E-state index contributed by atoms with van der Waals surface area (Å²) in [7, 11) is 3.35. The normalized spacial score (nSPS) is 22.6. The van der Waals surface area contributed by atoms with Gasteiger partial charge in [0.1, 0.15) is 0 Å². The summed E-state index contributed by atoms with van der Waals surface area (Å²) in [5.74, 6) is 2.51. The Morgan fingerprint density at radius 1 is 1.15 bits per heavy atom. The van der Waals surface area contributed by atoms with Gasteiger partial charge in [-0.25, -0.2) is 0 Å². The van der Waals surface area contributed by atoms with Gasteiger partial charge in [-0.2, -0.15) is 0 Å². The molecule has 0 saturated heterocycles. The zero-order valence-electron chi connectivity index (χ0n) is 12.9. The third-order valence-corrected chi connectivity index (χ3v) is 4.40. The maximum Gasteiger partial charge on any atom is 0.161 e. The first-order valence-electron chi connectivity index (χ1n) is 7.71. The Balaban J connectivity index is 1.90. The van der Waals surface area contributed by atoms with Crippen LogP contribution in [0.3, 0.4) is 0 Å². The van der Waals surface area contributed by atoms with E-state index in [-0.39, 0.29) is 0 Å². The average molecular weight is 277 g/mol. The largest absolute Gasteiger partial charge is 0.493 e. The van der Waals surface area contributed by atoms with Gasteiger partial charge in [0.25, 0.3) is 0 Å². The molecule has 0 aromatic heterocycles. The first-order valence-corrected chi connectivity index (χ1v) is 7.71. The van der Waals surface area contributed by atoms with Crippen LogP contribution >= 0.6 is 0 Å². The van der Waals surface area contributed by atoms with Crippen LogP contribution in [0.1, 0.15) is 44.6 Å². The average Bonchev–Trinajstić information content (AvgIpc) is 2.52. The quantitative estimate of drug-likeness (QED) is 0.858. The van der Waals surface area contributed by atoms with E-state index in [2.05, 4.69) is 24.4 Å². The van der Waals surface area contributed by atoms with Crippen LogP contribution in [0, 0.1) is 5.92 Å². The van der Waals surface area contributed by atoms with Crippen molar-refractivity contribution in [3.8, 4) is 11.5 Å². The van der Waals surface area contributed by atoms with E-state index in [1.54, 1.807) is 14.2 Å². The second kappa shape index (κ2) is 7.53. The highest BCUT2D eigenvalue weighted by molar-refractivity contribution is 5.42. The molecule has 0 radical (unpaired) electrons. The van der Waals surface area contributed by atoms with Gasteiger partial charge < -0.3 is 14.8 Å². The Morgan fingerprint density at radius 3 is 2.65 bits per heavy atom. The van der Waals surface area contributed by atoms with E-state index in [1.807, 2.05) is 6.07 Å². The fourth-order valence-electron chi connectivity index (χ4n) is 3.10. The fourth-order valence-corrected chi connectivity index (χ4v) is 3.10. The van der Waals surface area contributed by atoms with Gasteiger partial charge in [0, 0.05) is 12.6 Å². The zero-order chi connectivity index (χ0) is 14.4. The SMILES string of the molecule is CCC1CCCC(NCc2ccc(OC)c(OC)c2)C1. The lowest BCUT2D eigenvalue weighted by molar-refractivity contribution is 0.278. The second-order valence-electron chi connectivity index (χ2n) is 5.71. The number of methoxy groups -OCH3 is 2. The van der Waals surface area contributed by atoms with Crippen molar-refractivity contribution in [1.82, 2.24) is 5.32 Å². The molecule has 2 atom stereocenters. The van der Waals surface area contributed by atoms with Crippen LogP contribution in [0.25, 0.3) is 0 Å². The van der Waals surface area contributed by atoms with E-state index in [1.165, 1.54) is 37.7 Å². The van der Waals surface area contributed by atoms with Gasteiger partial charge in [0.15, 0.2) is 11.5 Å². The summed E-state index contributed by atoms with van der Waals surface area (Å²) in [6, 6.07) is 6.81. The van der Waals surface area contributed by atoms with E-state index >= 15 is 0 Å². The van der Waals surface area contributed by atoms with Crippen molar-refractivity contribution in [2.24, 2.45) is 5.92 Å². The van der Waals surface area contributed by atoms with E-state index in [0.29, 0.717) is 6.04 Å². The third-order valence-electron chi connectivity index (χ3n) is 4.40. The molecule has 1 aromatic rings. The lowest BCUT2D eigenvalue weighted by Gasteiger charge is -2.29. The number of hydrogen-bond donors (Lipinski definition) is 1. The molecule has 1 N–H and O–H groups in total. The molecule has 1 aromatic carbocycles. The van der Waals surface area contributed by atoms with Crippen LogP contribution in [0.15, 0.2) is 18.2 Å². The highest BCUT2D eigenvalue weighted by atomic mass is 16.5. The van der Waals surface area contributed by atoms with Gasteiger partial charge in [0.2, 0.25) is 0 Å². The van der Waals surface area contributed by atoms with Crippen molar-refractivity contribution in [1.29, 1.82) is 0 Å². The van der Waals surface area contributed by atoms with Crippen molar-refractivity contribution >= 4 is 0 Å². The molecule has 0 heterocycles. The number of benzene rings is 1. The maximum absolute atomic E-state index is 5.35. The minimum absolute atomic E-state index is 0.668. The number of ether oxygens (including phenoxy) is 2. The topological polar surface area (TPSA) is 30.5 Å². The lowest BCUT2D eigenvalue weighted by Crippen LogP contribution is -2.33. The Morgan fingerprint density at radius 2 is 1.95 bits per heavy atom. The molecule has 0 spiro atoms. The van der Waals surface area contributed by atoms with Crippen molar-refractivity contribution in [3.63, 3.8) is 0 Å². The molecule has 3 heteroatoms. The smallest absolute Gasteiger partial charge is 0.161 e. The van der Waals surface area contributed by atoms with Crippen LogP contribution in [-0.4, -0.2) is 20.3 Å². The zero-order valence-corrected chi connectivity index (χ0v) is 12.9. The molecular weight excluding hydrogens is 250 g/mol. The lowest BCUT2D eigenvalue weighted by atomic mass is 9.84. The second-order valence-corrected chi connectivity index (χ2v) is 5.71. The number of hydrogen-bond acceptors (Lipinski definition) is 3. The number of nitrogens with one attached hydrogen (secondary N) is 1. The van der Waals surface area contributed by atoms with Crippen molar-refractivity contribution in [2.45, 2.75) is 51.6 Å². The van der Waals surface area contributed by atoms with Crippen molar-refractivity contribution in [2.75, 3.05) is 14.2 Å². The molecule has 2 unspecified atom stereocenters. The molecule has 20 heavy (non-hydrogen) atoms. The summed E-state index contributed by atoms with van der Waals surface area (Å²) in [6.07, 6.45) is 6.72. The first-order chi connectivity index (χ1) is 9.76. The van der Waals surface area contributed by atoms with Crippen LogP contribution < -0.4 is 14.8 Å². The molecular formula is C17H27NO2. The van der Waals surface area contributed by atoms with E-state index in [4.69, 9.17) is 9.47 Å². The van der Waals surface area contributed by atoms with Gasteiger partial charge in [0.05, 0.1) is 14.2 Å². The van der Waals surface area contributed by atoms with Gasteiger partial charge in [-0.3, -0.25) is 0 Å². The summed E-state index contributed by atoms with van der Waals surface area (Å²) in [4.78, 5) is 0. The third kappa shape index (κ3) is 3.89. The highest BCUT2D eigenvalue weighted by Crippen LogP contribution is 2.29. The van der Waals surface area contributed by atoms with Gasteiger partial charge in [-0.05, 0) is 36.5 Å². The van der Waals surface area contributed by atoms with Crippen LogP contribution in [0.5, 0.6) is 11.5 Å². The minimum atomic E-state index is 0.668. The fraction of sp³-hybridized carbons (Fsp3) is 0.647. The van der Waals surface area contributed by atoms with E-state index in [0.717, 1.165) is 24.0 Å². The van der Waals surface area contributed by atoms with E-state index < -0.39 is 0 Å². The van der Waals surface area contributed by atoms with Crippen LogP contribution in [-0.2, 0) is 6.54 Å². The molecule has 1 fully saturated rings. The highest BCUT2D eigenvalue weighted by Gasteiger charge is 2.20. The standard InChI is InChI=1S/C17H27NO2/c1-4-13-6-5-7-15(10-13)18-12-14-8-9-16(19-2)17(11-14)20-3/h8-9,11,13,15,18H,4-7,10,12H2,1-3H3. The summed E-state index contributed by atoms with van der Waals surface area (Å²) in [5.41, 5.74) is 1.25. The monoisotopic (exact) mass is 277 g/mol. The van der Waals surface area contributed by atoms with Crippen molar-refractivity contribution in [3.05, 3.63) is 23.8 Å². The minimum Gasteiger partial charge on any atom is -0.493 e. The predicted molar refractivity (Wildman–Crippen MR) is 82.4 cm³/mol. The van der Waals surface area contributed by atoms with E-state index in [9.17, 15) is 0 Å². The Labute approximate surface area is 122 Å². The Bertz CT molecular complexity index is 419. The molecule has 0 aliphatic heterocycles. The molecule has 3 nitrogen and oxygen atoms in total. The molecule has 1 saturated carbocycles.